The Balaban J connectivity index is 1.90. The maximum absolute atomic E-state index is 12.5. The SMILES string of the molecule is O=C(O)COc1ccc(NC(=O)C2CCCCS2(=O)=O)c2ccccc12. The summed E-state index contributed by atoms with van der Waals surface area (Å²) in [6, 6.07) is 10.2. The van der Waals surface area contributed by atoms with Gasteiger partial charge in [0.1, 0.15) is 11.0 Å². The standard InChI is InChI=1S/C18H19NO6S/c20-17(21)11-25-15-9-8-14(12-5-1-2-6-13(12)15)19-18(22)16-7-3-4-10-26(16,23)24/h1-2,5-6,8-9,16H,3-4,7,10-11H2,(H,19,22)(H,20,21). The van der Waals surface area contributed by atoms with Crippen molar-refractivity contribution in [3.8, 4) is 5.75 Å². The van der Waals surface area contributed by atoms with Crippen molar-refractivity contribution in [2.24, 2.45) is 0 Å². The third-order valence-corrected chi connectivity index (χ3v) is 6.54. The second-order valence-corrected chi connectivity index (χ2v) is 8.48. The predicted molar refractivity (Wildman–Crippen MR) is 97.1 cm³/mol. The van der Waals surface area contributed by atoms with Gasteiger partial charge in [-0.05, 0) is 25.0 Å². The highest BCUT2D eigenvalue weighted by molar-refractivity contribution is 7.92. The highest BCUT2D eigenvalue weighted by atomic mass is 32.2. The molecule has 2 aromatic carbocycles. The summed E-state index contributed by atoms with van der Waals surface area (Å²) in [6.45, 7) is -0.476. The maximum Gasteiger partial charge on any atom is 0.341 e. The normalized spacial score (nSPS) is 19.0. The molecule has 1 atom stereocenters. The Morgan fingerprint density at radius 2 is 1.85 bits per heavy atom. The van der Waals surface area contributed by atoms with Gasteiger partial charge in [-0.25, -0.2) is 13.2 Å². The van der Waals surface area contributed by atoms with Crippen LogP contribution in [0, 0.1) is 0 Å². The van der Waals surface area contributed by atoms with E-state index in [4.69, 9.17) is 9.84 Å². The molecule has 1 amide bonds. The van der Waals surface area contributed by atoms with Gasteiger partial charge in [-0.15, -0.1) is 0 Å². The number of carbonyl (C=O) groups excluding carboxylic acids is 1. The lowest BCUT2D eigenvalue weighted by atomic mass is 10.1. The molecule has 0 radical (unpaired) electrons. The minimum atomic E-state index is -3.42. The average Bonchev–Trinajstić information content (AvgIpc) is 2.60. The molecule has 1 unspecified atom stereocenters. The number of carboxylic acid groups (broad SMARTS) is 1. The number of ether oxygens (including phenoxy) is 1. The summed E-state index contributed by atoms with van der Waals surface area (Å²) in [7, 11) is -3.42. The first-order valence-corrected chi connectivity index (χ1v) is 9.99. The number of rotatable bonds is 5. The van der Waals surface area contributed by atoms with Crippen LogP contribution in [0.1, 0.15) is 19.3 Å². The average molecular weight is 377 g/mol. The first-order valence-electron chi connectivity index (χ1n) is 8.27. The fourth-order valence-electron chi connectivity index (χ4n) is 3.11. The summed E-state index contributed by atoms with van der Waals surface area (Å²) in [6.07, 6.45) is 1.62. The number of sulfone groups is 1. The van der Waals surface area contributed by atoms with Gasteiger partial charge in [-0.1, -0.05) is 30.7 Å². The van der Waals surface area contributed by atoms with Crippen LogP contribution in [0.3, 0.4) is 0 Å². The van der Waals surface area contributed by atoms with Crippen molar-refractivity contribution >= 4 is 38.2 Å². The molecule has 0 aromatic heterocycles. The number of fused-ring (bicyclic) bond motifs is 1. The van der Waals surface area contributed by atoms with Gasteiger partial charge in [-0.3, -0.25) is 4.79 Å². The number of amides is 1. The molecular weight excluding hydrogens is 358 g/mol. The van der Waals surface area contributed by atoms with Crippen LogP contribution in [0.25, 0.3) is 10.8 Å². The van der Waals surface area contributed by atoms with Crippen LogP contribution in [-0.2, 0) is 19.4 Å². The van der Waals surface area contributed by atoms with Gasteiger partial charge in [0.15, 0.2) is 16.4 Å². The number of anilines is 1. The van der Waals surface area contributed by atoms with Crippen molar-refractivity contribution in [3.05, 3.63) is 36.4 Å². The fraction of sp³-hybridized carbons (Fsp3) is 0.333. The van der Waals surface area contributed by atoms with E-state index in [0.717, 1.165) is 0 Å². The summed E-state index contributed by atoms with van der Waals surface area (Å²) < 4.78 is 29.6. The monoisotopic (exact) mass is 377 g/mol. The van der Waals surface area contributed by atoms with Crippen LogP contribution in [-0.4, -0.2) is 43.0 Å². The van der Waals surface area contributed by atoms with Crippen molar-refractivity contribution in [2.75, 3.05) is 17.7 Å². The summed E-state index contributed by atoms with van der Waals surface area (Å²) in [5.41, 5.74) is 0.467. The molecule has 2 N–H and O–H groups in total. The van der Waals surface area contributed by atoms with Gasteiger partial charge in [0, 0.05) is 16.5 Å². The lowest BCUT2D eigenvalue weighted by molar-refractivity contribution is -0.139. The second kappa shape index (κ2) is 7.33. The molecule has 1 heterocycles. The molecule has 2 aromatic rings. The number of nitrogens with one attached hydrogen (secondary N) is 1. The van der Waals surface area contributed by atoms with Gasteiger partial charge in [0.25, 0.3) is 0 Å². The molecule has 0 spiro atoms. The quantitative estimate of drug-likeness (QED) is 0.827. The minimum Gasteiger partial charge on any atom is -0.481 e. The first kappa shape index (κ1) is 18.2. The third-order valence-electron chi connectivity index (χ3n) is 4.36. The molecule has 7 nitrogen and oxygen atoms in total. The molecule has 0 saturated carbocycles. The second-order valence-electron chi connectivity index (χ2n) is 6.18. The van der Waals surface area contributed by atoms with Crippen LogP contribution in [0.5, 0.6) is 5.75 Å². The third kappa shape index (κ3) is 3.80. The number of aliphatic carboxylic acids is 1. The topological polar surface area (TPSA) is 110 Å². The van der Waals surface area contributed by atoms with E-state index in [0.29, 0.717) is 41.5 Å². The molecule has 26 heavy (non-hydrogen) atoms. The molecule has 1 aliphatic rings. The molecule has 8 heteroatoms. The largest absolute Gasteiger partial charge is 0.481 e. The molecule has 3 rings (SSSR count). The van der Waals surface area contributed by atoms with Gasteiger partial charge in [-0.2, -0.15) is 0 Å². The smallest absolute Gasteiger partial charge is 0.341 e. The number of benzene rings is 2. The van der Waals surface area contributed by atoms with Crippen LogP contribution in [0.4, 0.5) is 5.69 Å². The molecule has 138 valence electrons. The van der Waals surface area contributed by atoms with Gasteiger partial charge >= 0.3 is 5.97 Å². The zero-order valence-electron chi connectivity index (χ0n) is 14.0. The minimum absolute atomic E-state index is 0.0355. The highest BCUT2D eigenvalue weighted by Crippen LogP contribution is 2.32. The van der Waals surface area contributed by atoms with Gasteiger partial charge < -0.3 is 15.2 Å². The van der Waals surface area contributed by atoms with E-state index in [1.165, 1.54) is 0 Å². The Kier molecular flexibility index (Phi) is 5.13. The molecule has 1 fully saturated rings. The number of carbonyl (C=O) groups is 2. The van der Waals surface area contributed by atoms with Crippen molar-refractivity contribution in [2.45, 2.75) is 24.5 Å². The van der Waals surface area contributed by atoms with Crippen molar-refractivity contribution in [3.63, 3.8) is 0 Å². The zero-order chi connectivity index (χ0) is 18.7. The van der Waals surface area contributed by atoms with Crippen molar-refractivity contribution in [1.82, 2.24) is 0 Å². The zero-order valence-corrected chi connectivity index (χ0v) is 14.8. The fourth-order valence-corrected chi connectivity index (χ4v) is 4.91. The van der Waals surface area contributed by atoms with Crippen LogP contribution >= 0.6 is 0 Å². The maximum atomic E-state index is 12.5. The van der Waals surface area contributed by atoms with E-state index in [1.54, 1.807) is 36.4 Å². The van der Waals surface area contributed by atoms with E-state index < -0.39 is 33.6 Å². The Hall–Kier alpha value is -2.61. The Morgan fingerprint density at radius 1 is 1.12 bits per heavy atom. The van der Waals surface area contributed by atoms with E-state index in [2.05, 4.69) is 5.32 Å². The lowest BCUT2D eigenvalue weighted by Crippen LogP contribution is -2.39. The number of hydrogen-bond acceptors (Lipinski definition) is 5. The molecule has 0 bridgehead atoms. The summed E-state index contributed by atoms with van der Waals surface area (Å²) in [4.78, 5) is 23.2. The van der Waals surface area contributed by atoms with Crippen molar-refractivity contribution in [1.29, 1.82) is 0 Å². The van der Waals surface area contributed by atoms with Crippen LogP contribution < -0.4 is 10.1 Å². The molecule has 1 aliphatic heterocycles. The van der Waals surface area contributed by atoms with Gasteiger partial charge in [0.2, 0.25) is 5.91 Å². The van der Waals surface area contributed by atoms with Crippen LogP contribution in [0.2, 0.25) is 0 Å². The summed E-state index contributed by atoms with van der Waals surface area (Å²) in [5.74, 6) is -1.21. The summed E-state index contributed by atoms with van der Waals surface area (Å²) in [5, 5.41) is 11.7. The number of hydrogen-bond donors (Lipinski definition) is 2. The Bertz CT molecular complexity index is 953. The Morgan fingerprint density at radius 3 is 2.54 bits per heavy atom. The molecular formula is C18H19NO6S. The van der Waals surface area contributed by atoms with E-state index in [9.17, 15) is 18.0 Å². The Labute approximate surface area is 150 Å². The van der Waals surface area contributed by atoms with E-state index in [-0.39, 0.29) is 5.75 Å². The summed E-state index contributed by atoms with van der Waals surface area (Å²) >= 11 is 0. The molecule has 1 saturated heterocycles. The van der Waals surface area contributed by atoms with Crippen LogP contribution in [0.15, 0.2) is 36.4 Å². The van der Waals surface area contributed by atoms with E-state index >= 15 is 0 Å². The number of carboxylic acids is 1. The van der Waals surface area contributed by atoms with E-state index in [1.807, 2.05) is 0 Å². The molecule has 0 aliphatic carbocycles. The predicted octanol–water partition coefficient (Wildman–Crippen LogP) is 2.21. The highest BCUT2D eigenvalue weighted by Gasteiger charge is 2.35. The first-order chi connectivity index (χ1) is 12.4. The van der Waals surface area contributed by atoms with Crippen molar-refractivity contribution < 1.29 is 27.9 Å². The lowest BCUT2D eigenvalue weighted by Gasteiger charge is -2.22. The van der Waals surface area contributed by atoms with Gasteiger partial charge in [0.05, 0.1) is 5.75 Å².